The highest BCUT2D eigenvalue weighted by atomic mass is 35.5. The first kappa shape index (κ1) is 25.2. The molecule has 3 N–H and O–H groups in total. The van der Waals surface area contributed by atoms with Crippen LogP contribution in [0.3, 0.4) is 0 Å². The molecule has 10 heteroatoms. The number of hydrogen-bond donors (Lipinski definition) is 3. The molecule has 4 nitrogen and oxygen atoms in total. The van der Waals surface area contributed by atoms with Crippen LogP contribution < -0.4 is 16.0 Å². The smallest absolute Gasteiger partial charge is 0.322 e. The predicted octanol–water partition coefficient (Wildman–Crippen LogP) is 4.15. The summed E-state index contributed by atoms with van der Waals surface area (Å²) in [4.78, 5) is 12.1. The summed E-state index contributed by atoms with van der Waals surface area (Å²) in [6.07, 6.45) is -4.07. The highest BCUT2D eigenvalue weighted by molar-refractivity contribution is 5.92. The van der Waals surface area contributed by atoms with Gasteiger partial charge < -0.3 is 10.6 Å². The van der Waals surface area contributed by atoms with Crippen LogP contribution in [0.2, 0.25) is 0 Å². The SMILES string of the molecule is Cl.Cl.O=C(CNC(c1ccccc1)C(F)(F)F)Nc1ccc2c(c1F)CCNC2. The molecule has 0 bridgehead atoms. The second-order valence-electron chi connectivity index (χ2n) is 6.31. The Kier molecular flexibility index (Phi) is 9.35. The van der Waals surface area contributed by atoms with E-state index >= 15 is 0 Å². The summed E-state index contributed by atoms with van der Waals surface area (Å²) < 4.78 is 54.4. The fourth-order valence-corrected chi connectivity index (χ4v) is 3.09. The van der Waals surface area contributed by atoms with Gasteiger partial charge in [0.2, 0.25) is 5.91 Å². The number of alkyl halides is 3. The van der Waals surface area contributed by atoms with Gasteiger partial charge in [0, 0.05) is 6.54 Å². The summed E-state index contributed by atoms with van der Waals surface area (Å²) in [5.74, 6) is -1.27. The van der Waals surface area contributed by atoms with Crippen LogP contribution in [0, 0.1) is 5.82 Å². The average Bonchev–Trinajstić information content (AvgIpc) is 2.64. The van der Waals surface area contributed by atoms with E-state index in [0.717, 1.165) is 5.56 Å². The van der Waals surface area contributed by atoms with E-state index in [-0.39, 0.29) is 36.1 Å². The van der Waals surface area contributed by atoms with Crippen LogP contribution in [0.4, 0.5) is 23.2 Å². The van der Waals surface area contributed by atoms with Crippen molar-refractivity contribution in [1.29, 1.82) is 0 Å². The topological polar surface area (TPSA) is 53.2 Å². The van der Waals surface area contributed by atoms with Gasteiger partial charge in [0.15, 0.2) is 0 Å². The van der Waals surface area contributed by atoms with Crippen LogP contribution in [0.15, 0.2) is 42.5 Å². The minimum atomic E-state index is -4.56. The Morgan fingerprint density at radius 3 is 2.45 bits per heavy atom. The van der Waals surface area contributed by atoms with E-state index in [1.807, 2.05) is 0 Å². The zero-order chi connectivity index (χ0) is 19.4. The molecule has 0 fully saturated rings. The molecular weight excluding hydrogens is 433 g/mol. The van der Waals surface area contributed by atoms with Crippen molar-refractivity contribution in [2.75, 3.05) is 18.4 Å². The van der Waals surface area contributed by atoms with Crippen LogP contribution in [-0.2, 0) is 17.8 Å². The monoisotopic (exact) mass is 453 g/mol. The summed E-state index contributed by atoms with van der Waals surface area (Å²) in [6, 6.07) is 8.41. The molecule has 1 heterocycles. The Morgan fingerprint density at radius 2 is 1.79 bits per heavy atom. The van der Waals surface area contributed by atoms with Crippen LogP contribution in [0.1, 0.15) is 22.7 Å². The van der Waals surface area contributed by atoms with Crippen molar-refractivity contribution in [3.05, 3.63) is 65.0 Å². The molecule has 1 amide bonds. The van der Waals surface area contributed by atoms with Gasteiger partial charge >= 0.3 is 6.18 Å². The van der Waals surface area contributed by atoms with Crippen molar-refractivity contribution in [3.63, 3.8) is 0 Å². The minimum Gasteiger partial charge on any atom is -0.322 e. The van der Waals surface area contributed by atoms with E-state index < -0.39 is 30.5 Å². The highest BCUT2D eigenvalue weighted by Gasteiger charge is 2.40. The first-order chi connectivity index (χ1) is 12.9. The van der Waals surface area contributed by atoms with Gasteiger partial charge in [-0.15, -0.1) is 24.8 Å². The fraction of sp³-hybridized carbons (Fsp3) is 0.316. The zero-order valence-corrected chi connectivity index (χ0v) is 16.8. The van der Waals surface area contributed by atoms with E-state index in [2.05, 4.69) is 16.0 Å². The number of nitrogens with one attached hydrogen (secondary N) is 3. The summed E-state index contributed by atoms with van der Waals surface area (Å²) in [5, 5.41) is 7.68. The van der Waals surface area contributed by atoms with Crippen LogP contribution in [-0.4, -0.2) is 25.2 Å². The van der Waals surface area contributed by atoms with E-state index in [1.54, 1.807) is 12.1 Å². The molecule has 0 aliphatic carbocycles. The number of halogens is 6. The molecule has 1 aliphatic heterocycles. The number of fused-ring (bicyclic) bond motifs is 1. The summed E-state index contributed by atoms with van der Waals surface area (Å²) in [6.45, 7) is 0.580. The molecule has 2 aromatic rings. The van der Waals surface area contributed by atoms with Gasteiger partial charge in [-0.1, -0.05) is 36.4 Å². The number of benzene rings is 2. The molecule has 160 valence electrons. The summed E-state index contributed by atoms with van der Waals surface area (Å²) >= 11 is 0. The van der Waals surface area contributed by atoms with Crippen molar-refractivity contribution in [2.45, 2.75) is 25.2 Å². The number of rotatable bonds is 5. The maximum atomic E-state index is 14.5. The zero-order valence-electron chi connectivity index (χ0n) is 15.2. The maximum absolute atomic E-state index is 14.5. The van der Waals surface area contributed by atoms with Crippen molar-refractivity contribution in [3.8, 4) is 0 Å². The van der Waals surface area contributed by atoms with E-state index in [9.17, 15) is 22.4 Å². The molecule has 1 aliphatic rings. The Labute approximate surface area is 178 Å². The van der Waals surface area contributed by atoms with Gasteiger partial charge in [-0.25, -0.2) is 4.39 Å². The quantitative estimate of drug-likeness (QED) is 0.596. The van der Waals surface area contributed by atoms with Gasteiger partial charge in [-0.3, -0.25) is 10.1 Å². The van der Waals surface area contributed by atoms with Gasteiger partial charge in [-0.2, -0.15) is 13.2 Å². The molecule has 0 spiro atoms. The third-order valence-electron chi connectivity index (χ3n) is 4.41. The molecule has 29 heavy (non-hydrogen) atoms. The molecule has 1 atom stereocenters. The Bertz CT molecular complexity index is 819. The minimum absolute atomic E-state index is 0. The summed E-state index contributed by atoms with van der Waals surface area (Å²) in [5.41, 5.74) is 1.32. The van der Waals surface area contributed by atoms with E-state index in [0.29, 0.717) is 25.1 Å². The molecule has 0 saturated heterocycles. The summed E-state index contributed by atoms with van der Waals surface area (Å²) in [7, 11) is 0. The first-order valence-corrected chi connectivity index (χ1v) is 8.52. The molecule has 1 unspecified atom stereocenters. The van der Waals surface area contributed by atoms with Crippen molar-refractivity contribution in [2.24, 2.45) is 0 Å². The van der Waals surface area contributed by atoms with Crippen molar-refractivity contribution >= 4 is 36.4 Å². The normalized spacial score (nSPS) is 14.1. The second-order valence-corrected chi connectivity index (χ2v) is 6.31. The number of hydrogen-bond acceptors (Lipinski definition) is 3. The Hall–Kier alpha value is -1.87. The lowest BCUT2D eigenvalue weighted by molar-refractivity contribution is -0.158. The molecule has 3 rings (SSSR count). The van der Waals surface area contributed by atoms with Crippen LogP contribution in [0.25, 0.3) is 0 Å². The Balaban J connectivity index is 0.00000210. The lowest BCUT2D eigenvalue weighted by Crippen LogP contribution is -2.39. The van der Waals surface area contributed by atoms with Crippen molar-refractivity contribution in [1.82, 2.24) is 10.6 Å². The molecule has 0 aromatic heterocycles. The molecule has 0 radical (unpaired) electrons. The molecule has 2 aromatic carbocycles. The number of anilines is 1. The third-order valence-corrected chi connectivity index (χ3v) is 4.41. The van der Waals surface area contributed by atoms with E-state index in [1.165, 1.54) is 30.3 Å². The van der Waals surface area contributed by atoms with Crippen molar-refractivity contribution < 1.29 is 22.4 Å². The number of carbonyl (C=O) groups is 1. The Morgan fingerprint density at radius 1 is 1.10 bits per heavy atom. The number of amides is 1. The lowest BCUT2D eigenvalue weighted by Gasteiger charge is -2.22. The van der Waals surface area contributed by atoms with Crippen LogP contribution >= 0.6 is 24.8 Å². The molecular formula is C19H21Cl2F4N3O. The third kappa shape index (κ3) is 6.30. The fourth-order valence-electron chi connectivity index (χ4n) is 3.09. The van der Waals surface area contributed by atoms with Gasteiger partial charge in [0.1, 0.15) is 11.9 Å². The second kappa shape index (κ2) is 10.8. The number of carbonyl (C=O) groups excluding carboxylic acids is 1. The standard InChI is InChI=1S/C19H19F4N3O.2ClH/c20-17-14-8-9-24-10-13(14)6-7-15(17)26-16(27)11-25-18(19(21,22)23)12-4-2-1-3-5-12;;/h1-7,18,24-25H,8-11H2,(H,26,27);2*1H. The van der Waals surface area contributed by atoms with Gasteiger partial charge in [-0.05, 0) is 35.7 Å². The largest absolute Gasteiger partial charge is 0.407 e. The highest BCUT2D eigenvalue weighted by Crippen LogP contribution is 2.32. The average molecular weight is 454 g/mol. The van der Waals surface area contributed by atoms with E-state index in [4.69, 9.17) is 0 Å². The van der Waals surface area contributed by atoms with Gasteiger partial charge in [0.25, 0.3) is 0 Å². The van der Waals surface area contributed by atoms with Gasteiger partial charge in [0.05, 0.1) is 12.2 Å². The first-order valence-electron chi connectivity index (χ1n) is 8.52. The lowest BCUT2D eigenvalue weighted by atomic mass is 9.99. The molecule has 0 saturated carbocycles. The predicted molar refractivity (Wildman–Crippen MR) is 108 cm³/mol. The van der Waals surface area contributed by atoms with Crippen LogP contribution in [0.5, 0.6) is 0 Å². The maximum Gasteiger partial charge on any atom is 0.407 e.